The smallest absolute Gasteiger partial charge is 0.323 e. The van der Waals surface area contributed by atoms with Crippen LogP contribution in [0.15, 0.2) is 18.2 Å². The number of esters is 4. The van der Waals surface area contributed by atoms with Gasteiger partial charge in [0.2, 0.25) is 0 Å². The molecule has 0 saturated carbocycles. The summed E-state index contributed by atoms with van der Waals surface area (Å²) in [5.74, 6) is -1.53. The van der Waals surface area contributed by atoms with Gasteiger partial charge >= 0.3 is 23.9 Å². The number of carbonyl (C=O) groups is 4. The molecule has 0 aromatic heterocycles. The van der Waals surface area contributed by atoms with Gasteiger partial charge in [0.1, 0.15) is 18.8 Å². The summed E-state index contributed by atoms with van der Waals surface area (Å²) < 4.78 is 21.5. The Morgan fingerprint density at radius 3 is 1.79 bits per heavy atom. The summed E-state index contributed by atoms with van der Waals surface area (Å²) in [4.78, 5) is 48.9. The fourth-order valence-electron chi connectivity index (χ4n) is 3.71. The number of unbranched alkanes of at least 4 members (excludes halogenated alkanes) is 6. The first-order chi connectivity index (χ1) is 18.7. The zero-order valence-electron chi connectivity index (χ0n) is 24.1. The maximum absolute atomic E-state index is 12.5. The summed E-state index contributed by atoms with van der Waals surface area (Å²) in [6.07, 6.45) is 8.28. The summed E-state index contributed by atoms with van der Waals surface area (Å²) in [5, 5.41) is 0. The molecule has 9 nitrogen and oxygen atoms in total. The number of rotatable bonds is 20. The minimum atomic E-state index is -0.993. The van der Waals surface area contributed by atoms with Gasteiger partial charge in [-0.05, 0) is 50.3 Å². The van der Waals surface area contributed by atoms with Gasteiger partial charge in [0.05, 0.1) is 0 Å². The average Bonchev–Trinajstić information content (AvgIpc) is 2.89. The van der Waals surface area contributed by atoms with E-state index in [1.807, 2.05) is 13.8 Å². The molecule has 2 N–H and O–H groups in total. The molecular weight excluding hydrogens is 502 g/mol. The van der Waals surface area contributed by atoms with Crippen molar-refractivity contribution in [2.75, 3.05) is 6.61 Å². The van der Waals surface area contributed by atoms with Crippen molar-refractivity contribution in [1.82, 2.24) is 0 Å². The van der Waals surface area contributed by atoms with Crippen LogP contribution in [0, 0.1) is 0 Å². The van der Waals surface area contributed by atoms with Gasteiger partial charge in [-0.2, -0.15) is 0 Å². The lowest BCUT2D eigenvalue weighted by Gasteiger charge is -2.17. The lowest BCUT2D eigenvalue weighted by atomic mass is 10.1. The van der Waals surface area contributed by atoms with Crippen LogP contribution in [0.2, 0.25) is 0 Å². The van der Waals surface area contributed by atoms with Crippen LogP contribution in [0.4, 0.5) is 0 Å². The number of hydrogen-bond acceptors (Lipinski definition) is 9. The molecule has 2 atom stereocenters. The highest BCUT2D eigenvalue weighted by molar-refractivity contribution is 5.77. The molecule has 0 bridgehead atoms. The Bertz CT molecular complexity index is 901. The second-order valence-electron chi connectivity index (χ2n) is 9.84. The minimum Gasteiger partial charge on any atom is -0.461 e. The standard InChI is InChI=1S/C30H47NO8/c1-5-8-11-14-27(32)37-22(4)21-36-30(35)24(31)19-23-17-18-25(38-28(33)15-12-9-6-2)26(20-23)39-29(34)16-13-10-7-3/h17-18,20,22,24H,5-16,19,21,31H2,1-4H3/t22-,24-/m0/s1. The molecule has 0 saturated heterocycles. The van der Waals surface area contributed by atoms with Crippen molar-refractivity contribution in [3.63, 3.8) is 0 Å². The van der Waals surface area contributed by atoms with Crippen LogP contribution in [0.5, 0.6) is 11.5 Å². The third-order valence-electron chi connectivity index (χ3n) is 5.96. The molecule has 1 aromatic rings. The van der Waals surface area contributed by atoms with E-state index in [2.05, 4.69) is 6.92 Å². The highest BCUT2D eigenvalue weighted by Gasteiger charge is 2.21. The zero-order valence-corrected chi connectivity index (χ0v) is 24.1. The Morgan fingerprint density at radius 2 is 1.26 bits per heavy atom. The van der Waals surface area contributed by atoms with Crippen molar-refractivity contribution in [2.24, 2.45) is 5.73 Å². The van der Waals surface area contributed by atoms with Crippen molar-refractivity contribution in [3.8, 4) is 11.5 Å². The third-order valence-corrected chi connectivity index (χ3v) is 5.96. The van der Waals surface area contributed by atoms with Crippen LogP contribution in [-0.4, -0.2) is 42.6 Å². The lowest BCUT2D eigenvalue weighted by molar-refractivity contribution is -0.158. The SMILES string of the molecule is CCCCCC(=O)Oc1ccc(C[C@H](N)C(=O)OC[C@H](C)OC(=O)CCCCC)cc1OC(=O)CCCCC. The maximum Gasteiger partial charge on any atom is 0.323 e. The van der Waals surface area contributed by atoms with Crippen molar-refractivity contribution >= 4 is 23.9 Å². The molecule has 9 heteroatoms. The molecule has 0 fully saturated rings. The fraction of sp³-hybridized carbons (Fsp3) is 0.667. The van der Waals surface area contributed by atoms with E-state index in [1.54, 1.807) is 25.1 Å². The monoisotopic (exact) mass is 549 g/mol. The first-order valence-electron chi connectivity index (χ1n) is 14.4. The van der Waals surface area contributed by atoms with Crippen LogP contribution in [-0.2, 0) is 35.1 Å². The summed E-state index contributed by atoms with van der Waals surface area (Å²) in [5.41, 5.74) is 6.67. The average molecular weight is 550 g/mol. The van der Waals surface area contributed by atoms with E-state index in [0.717, 1.165) is 44.9 Å². The molecule has 0 heterocycles. The lowest BCUT2D eigenvalue weighted by Crippen LogP contribution is -2.36. The van der Waals surface area contributed by atoms with Crippen LogP contribution >= 0.6 is 0 Å². The molecule has 220 valence electrons. The Kier molecular flexibility index (Phi) is 17.5. The van der Waals surface area contributed by atoms with E-state index in [9.17, 15) is 19.2 Å². The van der Waals surface area contributed by atoms with E-state index in [-0.39, 0.29) is 43.3 Å². The van der Waals surface area contributed by atoms with Gasteiger partial charge in [-0.3, -0.25) is 19.2 Å². The largest absolute Gasteiger partial charge is 0.461 e. The normalized spacial score (nSPS) is 12.3. The number of carbonyl (C=O) groups excluding carboxylic acids is 4. The van der Waals surface area contributed by atoms with E-state index in [1.165, 1.54) is 0 Å². The fourth-order valence-corrected chi connectivity index (χ4v) is 3.71. The Hall–Kier alpha value is -2.94. The van der Waals surface area contributed by atoms with Crippen LogP contribution in [0.1, 0.15) is 110 Å². The van der Waals surface area contributed by atoms with Crippen LogP contribution < -0.4 is 15.2 Å². The van der Waals surface area contributed by atoms with Crippen molar-refractivity contribution in [1.29, 1.82) is 0 Å². The van der Waals surface area contributed by atoms with Crippen molar-refractivity contribution in [3.05, 3.63) is 23.8 Å². The topological polar surface area (TPSA) is 131 Å². The quantitative estimate of drug-likeness (QED) is 0.126. The van der Waals surface area contributed by atoms with Crippen LogP contribution in [0.25, 0.3) is 0 Å². The van der Waals surface area contributed by atoms with Gasteiger partial charge in [0.25, 0.3) is 0 Å². The molecule has 0 aliphatic rings. The van der Waals surface area contributed by atoms with Crippen LogP contribution in [0.3, 0.4) is 0 Å². The van der Waals surface area contributed by atoms with E-state index < -0.39 is 30.1 Å². The molecule has 0 amide bonds. The molecule has 1 rings (SSSR count). The van der Waals surface area contributed by atoms with E-state index in [0.29, 0.717) is 24.8 Å². The molecular formula is C30H47NO8. The van der Waals surface area contributed by atoms with Gasteiger partial charge in [-0.15, -0.1) is 0 Å². The second kappa shape index (κ2) is 20.0. The molecule has 0 aliphatic carbocycles. The molecule has 39 heavy (non-hydrogen) atoms. The highest BCUT2D eigenvalue weighted by atomic mass is 16.6. The van der Waals surface area contributed by atoms with Gasteiger partial charge in [-0.1, -0.05) is 65.4 Å². The van der Waals surface area contributed by atoms with Gasteiger partial charge in [-0.25, -0.2) is 0 Å². The molecule has 1 aromatic carbocycles. The summed E-state index contributed by atoms with van der Waals surface area (Å²) in [6.45, 7) is 7.70. The highest BCUT2D eigenvalue weighted by Crippen LogP contribution is 2.30. The van der Waals surface area contributed by atoms with Crippen molar-refractivity contribution < 1.29 is 38.1 Å². The summed E-state index contributed by atoms with van der Waals surface area (Å²) in [6, 6.07) is 3.77. The summed E-state index contributed by atoms with van der Waals surface area (Å²) >= 11 is 0. The minimum absolute atomic E-state index is 0.0976. The van der Waals surface area contributed by atoms with Crippen molar-refractivity contribution in [2.45, 2.75) is 123 Å². The third kappa shape index (κ3) is 15.3. The Labute approximate surface area is 233 Å². The number of nitrogens with two attached hydrogens (primary N) is 1. The molecule has 0 spiro atoms. The first kappa shape index (κ1) is 34.1. The first-order valence-corrected chi connectivity index (χ1v) is 14.4. The van der Waals surface area contributed by atoms with Gasteiger partial charge in [0, 0.05) is 19.3 Å². The molecule has 0 radical (unpaired) electrons. The Morgan fingerprint density at radius 1 is 0.744 bits per heavy atom. The Balaban J connectivity index is 2.77. The number of hydrogen-bond donors (Lipinski definition) is 1. The van der Waals surface area contributed by atoms with Gasteiger partial charge < -0.3 is 24.7 Å². The maximum atomic E-state index is 12.5. The summed E-state index contributed by atoms with van der Waals surface area (Å²) in [7, 11) is 0. The molecule has 0 unspecified atom stereocenters. The number of ether oxygens (including phenoxy) is 4. The molecule has 0 aliphatic heterocycles. The zero-order chi connectivity index (χ0) is 29.0. The predicted molar refractivity (Wildman–Crippen MR) is 148 cm³/mol. The number of benzene rings is 1. The predicted octanol–water partition coefficient (Wildman–Crippen LogP) is 5.58. The van der Waals surface area contributed by atoms with E-state index >= 15 is 0 Å². The van der Waals surface area contributed by atoms with E-state index in [4.69, 9.17) is 24.7 Å². The second-order valence-corrected chi connectivity index (χ2v) is 9.84. The van der Waals surface area contributed by atoms with Gasteiger partial charge in [0.15, 0.2) is 11.5 Å².